The molecular weight excluding hydrogens is 176 g/mol. The third-order valence-electron chi connectivity index (χ3n) is 2.68. The number of carbonyl (C=O) groups is 1. The molecule has 74 valence electrons. The summed E-state index contributed by atoms with van der Waals surface area (Å²) in [6.45, 7) is 1.77. The molecule has 1 heterocycles. The molecule has 14 heavy (non-hydrogen) atoms. The molecule has 2 N–H and O–H groups in total. The Hall–Kier alpha value is -1.35. The van der Waals surface area contributed by atoms with Gasteiger partial charge in [0, 0.05) is 19.0 Å². The summed E-state index contributed by atoms with van der Waals surface area (Å²) < 4.78 is 0. The lowest BCUT2D eigenvalue weighted by atomic mass is 9.91. The lowest BCUT2D eigenvalue weighted by molar-refractivity contribution is -0.134. The van der Waals surface area contributed by atoms with E-state index in [2.05, 4.69) is 12.1 Å². The summed E-state index contributed by atoms with van der Waals surface area (Å²) in [7, 11) is 0. The topological polar surface area (TPSA) is 46.3 Å². The van der Waals surface area contributed by atoms with Crippen LogP contribution in [0, 0.1) is 0 Å². The van der Waals surface area contributed by atoms with Crippen molar-refractivity contribution in [3.63, 3.8) is 0 Å². The fourth-order valence-electron chi connectivity index (χ4n) is 1.75. The van der Waals surface area contributed by atoms with E-state index in [1.807, 2.05) is 18.2 Å². The molecular formula is C11H14N2O. The zero-order chi connectivity index (χ0) is 9.97. The van der Waals surface area contributed by atoms with E-state index in [1.54, 1.807) is 4.90 Å². The summed E-state index contributed by atoms with van der Waals surface area (Å²) in [6, 6.07) is 10.3. The highest BCUT2D eigenvalue weighted by atomic mass is 16.2. The van der Waals surface area contributed by atoms with Gasteiger partial charge in [-0.2, -0.15) is 0 Å². The van der Waals surface area contributed by atoms with Gasteiger partial charge in [0.15, 0.2) is 0 Å². The van der Waals surface area contributed by atoms with Crippen LogP contribution in [0.15, 0.2) is 30.3 Å². The lowest BCUT2D eigenvalue weighted by Gasteiger charge is -2.39. The molecule has 1 aliphatic rings. The van der Waals surface area contributed by atoms with Gasteiger partial charge in [-0.05, 0) is 5.56 Å². The predicted molar refractivity (Wildman–Crippen MR) is 54.8 cm³/mol. The average molecular weight is 190 g/mol. The summed E-state index contributed by atoms with van der Waals surface area (Å²) in [5.74, 6) is 0.559. The van der Waals surface area contributed by atoms with Crippen molar-refractivity contribution in [2.75, 3.05) is 19.6 Å². The Morgan fingerprint density at radius 3 is 2.57 bits per heavy atom. The standard InChI is InChI=1S/C11H14N2O/c12-6-11(14)13-7-10(8-13)9-4-2-1-3-5-9/h1-5,10H,6-8,12H2. The van der Waals surface area contributed by atoms with Crippen LogP contribution in [0.1, 0.15) is 11.5 Å². The van der Waals surface area contributed by atoms with Crippen molar-refractivity contribution in [1.82, 2.24) is 4.90 Å². The lowest BCUT2D eigenvalue weighted by Crippen LogP contribution is -2.50. The molecule has 1 saturated heterocycles. The zero-order valence-electron chi connectivity index (χ0n) is 8.02. The Bertz CT molecular complexity index is 317. The van der Waals surface area contributed by atoms with Gasteiger partial charge in [0.25, 0.3) is 0 Å². The first kappa shape index (κ1) is 9.21. The number of hydrogen-bond acceptors (Lipinski definition) is 2. The third kappa shape index (κ3) is 1.63. The second-order valence-corrected chi connectivity index (χ2v) is 3.61. The Kier molecular flexibility index (Phi) is 2.50. The maximum Gasteiger partial charge on any atom is 0.236 e. The van der Waals surface area contributed by atoms with Gasteiger partial charge in [-0.3, -0.25) is 4.79 Å². The van der Waals surface area contributed by atoms with Crippen LogP contribution in [0.3, 0.4) is 0 Å². The van der Waals surface area contributed by atoms with Crippen molar-refractivity contribution in [3.8, 4) is 0 Å². The van der Waals surface area contributed by atoms with E-state index in [9.17, 15) is 4.79 Å². The van der Waals surface area contributed by atoms with Crippen LogP contribution >= 0.6 is 0 Å². The van der Waals surface area contributed by atoms with Crippen molar-refractivity contribution in [2.24, 2.45) is 5.73 Å². The molecule has 0 aromatic heterocycles. The maximum atomic E-state index is 11.2. The monoisotopic (exact) mass is 190 g/mol. The molecule has 0 saturated carbocycles. The van der Waals surface area contributed by atoms with Crippen molar-refractivity contribution in [1.29, 1.82) is 0 Å². The van der Waals surface area contributed by atoms with Crippen LogP contribution in [0.25, 0.3) is 0 Å². The molecule has 2 rings (SSSR count). The Morgan fingerprint density at radius 1 is 1.36 bits per heavy atom. The number of rotatable bonds is 2. The van der Waals surface area contributed by atoms with Crippen molar-refractivity contribution in [3.05, 3.63) is 35.9 Å². The van der Waals surface area contributed by atoms with E-state index in [0.29, 0.717) is 5.92 Å². The van der Waals surface area contributed by atoms with Gasteiger partial charge in [-0.1, -0.05) is 30.3 Å². The molecule has 3 nitrogen and oxygen atoms in total. The molecule has 1 aromatic rings. The zero-order valence-corrected chi connectivity index (χ0v) is 8.02. The van der Waals surface area contributed by atoms with E-state index in [-0.39, 0.29) is 12.5 Å². The van der Waals surface area contributed by atoms with Crippen LogP contribution in [0.5, 0.6) is 0 Å². The van der Waals surface area contributed by atoms with Gasteiger partial charge in [-0.25, -0.2) is 0 Å². The molecule has 0 atom stereocenters. The fraction of sp³-hybridized carbons (Fsp3) is 0.364. The highest BCUT2D eigenvalue weighted by Crippen LogP contribution is 2.26. The molecule has 1 amide bonds. The van der Waals surface area contributed by atoms with Crippen LogP contribution < -0.4 is 5.73 Å². The molecule has 1 aliphatic heterocycles. The van der Waals surface area contributed by atoms with Crippen molar-refractivity contribution < 1.29 is 4.79 Å². The van der Waals surface area contributed by atoms with Crippen LogP contribution in [-0.4, -0.2) is 30.4 Å². The van der Waals surface area contributed by atoms with Crippen molar-refractivity contribution in [2.45, 2.75) is 5.92 Å². The number of hydrogen-bond donors (Lipinski definition) is 1. The van der Waals surface area contributed by atoms with E-state index in [1.165, 1.54) is 5.56 Å². The predicted octanol–water partition coefficient (Wildman–Crippen LogP) is 0.571. The first-order chi connectivity index (χ1) is 6.81. The Labute approximate surface area is 83.5 Å². The van der Waals surface area contributed by atoms with Crippen LogP contribution in [0.2, 0.25) is 0 Å². The minimum atomic E-state index is 0.0529. The molecule has 0 bridgehead atoms. The normalized spacial score (nSPS) is 16.5. The average Bonchev–Trinajstić information content (AvgIpc) is 2.17. The van der Waals surface area contributed by atoms with Crippen LogP contribution in [-0.2, 0) is 4.79 Å². The highest BCUT2D eigenvalue weighted by Gasteiger charge is 2.30. The first-order valence-electron chi connectivity index (χ1n) is 4.84. The van der Waals surface area contributed by atoms with E-state index < -0.39 is 0 Å². The minimum Gasteiger partial charge on any atom is -0.340 e. The molecule has 0 radical (unpaired) electrons. The molecule has 0 unspecified atom stereocenters. The number of carbonyl (C=O) groups excluding carboxylic acids is 1. The number of benzene rings is 1. The Morgan fingerprint density at radius 2 is 2.00 bits per heavy atom. The number of likely N-dealkylation sites (tertiary alicyclic amines) is 1. The summed E-state index contributed by atoms with van der Waals surface area (Å²) in [4.78, 5) is 13.0. The maximum absolute atomic E-state index is 11.2. The van der Waals surface area contributed by atoms with Gasteiger partial charge in [0.05, 0.1) is 6.54 Å². The molecule has 3 heteroatoms. The fourth-order valence-corrected chi connectivity index (χ4v) is 1.75. The minimum absolute atomic E-state index is 0.0529. The number of amides is 1. The third-order valence-corrected chi connectivity index (χ3v) is 2.68. The largest absolute Gasteiger partial charge is 0.340 e. The summed E-state index contributed by atoms with van der Waals surface area (Å²) in [5.41, 5.74) is 6.59. The second kappa shape index (κ2) is 3.80. The Balaban J connectivity index is 1.92. The summed E-state index contributed by atoms with van der Waals surface area (Å²) in [6.07, 6.45) is 0. The van der Waals surface area contributed by atoms with Gasteiger partial charge in [-0.15, -0.1) is 0 Å². The van der Waals surface area contributed by atoms with E-state index >= 15 is 0 Å². The van der Waals surface area contributed by atoms with E-state index in [0.717, 1.165) is 13.1 Å². The summed E-state index contributed by atoms with van der Waals surface area (Å²) >= 11 is 0. The van der Waals surface area contributed by atoms with Crippen LogP contribution in [0.4, 0.5) is 0 Å². The molecule has 0 spiro atoms. The molecule has 0 aliphatic carbocycles. The van der Waals surface area contributed by atoms with E-state index in [4.69, 9.17) is 5.73 Å². The van der Waals surface area contributed by atoms with Gasteiger partial charge < -0.3 is 10.6 Å². The highest BCUT2D eigenvalue weighted by molar-refractivity contribution is 5.79. The SMILES string of the molecule is NCC(=O)N1CC(c2ccccc2)C1. The van der Waals surface area contributed by atoms with Crippen molar-refractivity contribution >= 4 is 5.91 Å². The molecule has 1 aromatic carbocycles. The second-order valence-electron chi connectivity index (χ2n) is 3.61. The summed E-state index contributed by atoms with van der Waals surface area (Å²) in [5, 5.41) is 0. The van der Waals surface area contributed by atoms with Gasteiger partial charge >= 0.3 is 0 Å². The quantitative estimate of drug-likeness (QED) is 0.741. The molecule has 1 fully saturated rings. The van der Waals surface area contributed by atoms with Gasteiger partial charge in [0.1, 0.15) is 0 Å². The van der Waals surface area contributed by atoms with Gasteiger partial charge in [0.2, 0.25) is 5.91 Å². The first-order valence-corrected chi connectivity index (χ1v) is 4.84. The number of nitrogens with two attached hydrogens (primary N) is 1. The number of nitrogens with zero attached hydrogens (tertiary/aromatic N) is 1. The smallest absolute Gasteiger partial charge is 0.236 e.